The third-order valence-corrected chi connectivity index (χ3v) is 11.6. The van der Waals surface area contributed by atoms with Crippen molar-refractivity contribution in [1.29, 1.82) is 0 Å². The summed E-state index contributed by atoms with van der Waals surface area (Å²) in [6.45, 7) is 7.40. The van der Waals surface area contributed by atoms with Gasteiger partial charge in [-0.05, 0) is 74.1 Å². The molecule has 4 atom stereocenters. The Kier molecular flexibility index (Phi) is 7.47. The van der Waals surface area contributed by atoms with Crippen LogP contribution in [0.4, 0.5) is 8.78 Å². The highest BCUT2D eigenvalue weighted by Crippen LogP contribution is 2.52. The van der Waals surface area contributed by atoms with E-state index in [1.807, 2.05) is 0 Å². The van der Waals surface area contributed by atoms with E-state index in [2.05, 4.69) is 17.9 Å². The number of rotatable bonds is 7. The van der Waals surface area contributed by atoms with E-state index in [0.717, 1.165) is 18.2 Å². The lowest BCUT2D eigenvalue weighted by atomic mass is 9.71. The minimum atomic E-state index is -4.29. The molecule has 2 aliphatic rings. The van der Waals surface area contributed by atoms with Gasteiger partial charge in [0, 0.05) is 29.2 Å². The van der Waals surface area contributed by atoms with Crippen LogP contribution in [0, 0.1) is 17.6 Å². The summed E-state index contributed by atoms with van der Waals surface area (Å²) >= 11 is 5.97. The Morgan fingerprint density at radius 2 is 1.83 bits per heavy atom. The molecule has 1 N–H and O–H groups in total. The highest BCUT2D eigenvalue weighted by atomic mass is 35.5. The molecule has 1 aliphatic heterocycles. The lowest BCUT2D eigenvalue weighted by Gasteiger charge is -2.52. The smallest absolute Gasteiger partial charge is 0.223 e. The summed E-state index contributed by atoms with van der Waals surface area (Å²) < 4.78 is 86.2. The number of sulfone groups is 1. The number of nitrogens with one attached hydrogen (secondary N) is 1. The summed E-state index contributed by atoms with van der Waals surface area (Å²) in [6, 6.07) is 7.11. The third-order valence-electron chi connectivity index (χ3n) is 7.19. The number of nitrogens with zero attached hydrogens (tertiary/aromatic N) is 1. The third kappa shape index (κ3) is 4.54. The first kappa shape index (κ1) is 26.9. The van der Waals surface area contributed by atoms with Crippen molar-refractivity contribution < 1.29 is 25.6 Å². The largest absolute Gasteiger partial charge is 0.280 e. The van der Waals surface area contributed by atoms with Crippen LogP contribution >= 0.6 is 11.6 Å². The fourth-order valence-electron chi connectivity index (χ4n) is 5.57. The van der Waals surface area contributed by atoms with Crippen LogP contribution in [0.25, 0.3) is 0 Å². The molecule has 0 amide bonds. The van der Waals surface area contributed by atoms with Gasteiger partial charge in [0.25, 0.3) is 10.2 Å². The number of benzene rings is 2. The quantitative estimate of drug-likeness (QED) is 0.500. The van der Waals surface area contributed by atoms with E-state index in [-0.39, 0.29) is 42.7 Å². The summed E-state index contributed by atoms with van der Waals surface area (Å²) in [5.74, 6) is -2.14. The molecule has 4 rings (SSSR count). The molecule has 194 valence electrons. The van der Waals surface area contributed by atoms with Gasteiger partial charge >= 0.3 is 0 Å². The number of fused-ring (bicyclic) bond motifs is 1. The molecule has 2 aromatic carbocycles. The van der Waals surface area contributed by atoms with Gasteiger partial charge in [-0.15, -0.1) is 13.2 Å². The Morgan fingerprint density at radius 1 is 1.14 bits per heavy atom. The number of hydrogen-bond acceptors (Lipinski definition) is 4. The van der Waals surface area contributed by atoms with Crippen molar-refractivity contribution in [2.45, 2.75) is 47.4 Å². The van der Waals surface area contributed by atoms with Gasteiger partial charge in [-0.3, -0.25) is 0 Å². The van der Waals surface area contributed by atoms with E-state index >= 15 is 4.39 Å². The molecule has 11 heteroatoms. The highest BCUT2D eigenvalue weighted by Gasteiger charge is 2.57. The van der Waals surface area contributed by atoms with Crippen LogP contribution in [0.3, 0.4) is 0 Å². The van der Waals surface area contributed by atoms with Gasteiger partial charge in [-0.25, -0.2) is 17.2 Å². The molecule has 6 nitrogen and oxygen atoms in total. The molecule has 2 aromatic rings. The lowest BCUT2D eigenvalue weighted by molar-refractivity contribution is 0.121. The molecule has 1 saturated carbocycles. The summed E-state index contributed by atoms with van der Waals surface area (Å²) in [4.78, 5) is -0.0754. The average molecular weight is 557 g/mol. The monoisotopic (exact) mass is 556 g/mol. The van der Waals surface area contributed by atoms with Gasteiger partial charge in [0.15, 0.2) is 9.84 Å². The van der Waals surface area contributed by atoms with Crippen molar-refractivity contribution in [3.8, 4) is 0 Å². The van der Waals surface area contributed by atoms with Crippen LogP contribution in [-0.2, 0) is 24.8 Å². The topological polar surface area (TPSA) is 83.5 Å². The van der Waals surface area contributed by atoms with Crippen LogP contribution in [0.2, 0.25) is 5.02 Å². The van der Waals surface area contributed by atoms with E-state index in [1.165, 1.54) is 34.6 Å². The maximum absolute atomic E-state index is 15.3. The Balaban J connectivity index is 1.92. The van der Waals surface area contributed by atoms with Crippen LogP contribution in [-0.4, -0.2) is 39.8 Å². The van der Waals surface area contributed by atoms with Gasteiger partial charge in [0.05, 0.1) is 4.90 Å². The van der Waals surface area contributed by atoms with Crippen molar-refractivity contribution >= 4 is 31.6 Å². The van der Waals surface area contributed by atoms with E-state index in [9.17, 15) is 21.2 Å². The minimum absolute atomic E-state index is 0.00230. The van der Waals surface area contributed by atoms with E-state index in [1.54, 1.807) is 6.08 Å². The number of hydrogen-bond donors (Lipinski definition) is 1. The first-order valence-corrected chi connectivity index (χ1v) is 14.7. The Morgan fingerprint density at radius 3 is 2.47 bits per heavy atom. The summed E-state index contributed by atoms with van der Waals surface area (Å²) in [7, 11) is -8.16. The summed E-state index contributed by atoms with van der Waals surface area (Å²) in [5.41, 5.74) is -0.267. The molecule has 0 bridgehead atoms. The van der Waals surface area contributed by atoms with E-state index < -0.39 is 54.4 Å². The minimum Gasteiger partial charge on any atom is -0.223 e. The summed E-state index contributed by atoms with van der Waals surface area (Å²) in [5, 5.41) is 0.330. The van der Waals surface area contributed by atoms with E-state index in [0.29, 0.717) is 5.02 Å². The molecule has 36 heavy (non-hydrogen) atoms. The lowest BCUT2D eigenvalue weighted by Crippen LogP contribution is -2.65. The molecule has 1 aliphatic carbocycles. The molecular formula is C25H27ClF2N2O4S2. The second kappa shape index (κ2) is 9.98. The normalized spacial score (nSPS) is 28.2. The molecule has 1 heterocycles. The first-order chi connectivity index (χ1) is 17.0. The Hall–Kier alpha value is -2.11. The van der Waals surface area contributed by atoms with Crippen molar-refractivity contribution in [2.75, 3.05) is 6.54 Å². The second-order valence-electron chi connectivity index (χ2n) is 9.16. The maximum Gasteiger partial charge on any atom is 0.280 e. The van der Waals surface area contributed by atoms with Gasteiger partial charge in [0.1, 0.15) is 16.4 Å². The van der Waals surface area contributed by atoms with Crippen molar-refractivity contribution in [1.82, 2.24) is 9.03 Å². The van der Waals surface area contributed by atoms with Crippen molar-refractivity contribution in [3.63, 3.8) is 0 Å². The van der Waals surface area contributed by atoms with Crippen LogP contribution in [0.5, 0.6) is 0 Å². The molecule has 2 fully saturated rings. The Bertz CT molecular complexity index is 1380. The highest BCUT2D eigenvalue weighted by molar-refractivity contribution is 7.92. The van der Waals surface area contributed by atoms with Crippen LogP contribution in [0.1, 0.15) is 31.2 Å². The van der Waals surface area contributed by atoms with Gasteiger partial charge in [-0.1, -0.05) is 23.8 Å². The molecule has 1 saturated heterocycles. The van der Waals surface area contributed by atoms with Gasteiger partial charge in [0.2, 0.25) is 0 Å². The second-order valence-corrected chi connectivity index (χ2v) is 13.5. The maximum atomic E-state index is 15.3. The average Bonchev–Trinajstić information content (AvgIpc) is 2.82. The Labute approximate surface area is 215 Å². The van der Waals surface area contributed by atoms with Gasteiger partial charge in [-0.2, -0.15) is 17.4 Å². The summed E-state index contributed by atoms with van der Waals surface area (Å²) in [6.07, 6.45) is 3.15. The zero-order chi connectivity index (χ0) is 26.3. The zero-order valence-electron chi connectivity index (χ0n) is 19.4. The van der Waals surface area contributed by atoms with Crippen LogP contribution in [0.15, 0.2) is 72.7 Å². The standard InChI is InChI=1S/C25H27ClF2N2O4S2/c1-3-5-24-20-16-25(21-15-18(27)8-11-22(21)28,35(31,32)19-9-6-17(26)7-10-19)13-12-23(20)29-36(33,34)30(24)14-4-2/h3-4,6-11,15,20,23-24,29H,1-2,5,12-14,16H2. The molecule has 0 radical (unpaired) electrons. The molecular weight excluding hydrogens is 530 g/mol. The van der Waals surface area contributed by atoms with E-state index in [4.69, 9.17) is 11.6 Å². The predicted octanol–water partition coefficient (Wildman–Crippen LogP) is 4.74. The fourth-order valence-corrected chi connectivity index (χ4v) is 9.60. The fraction of sp³-hybridized carbons (Fsp3) is 0.360. The van der Waals surface area contributed by atoms with Crippen molar-refractivity contribution in [3.05, 3.63) is 90.0 Å². The predicted molar refractivity (Wildman–Crippen MR) is 135 cm³/mol. The van der Waals surface area contributed by atoms with Crippen molar-refractivity contribution in [2.24, 2.45) is 5.92 Å². The van der Waals surface area contributed by atoms with Gasteiger partial charge < -0.3 is 0 Å². The molecule has 0 aromatic heterocycles. The first-order valence-electron chi connectivity index (χ1n) is 11.4. The zero-order valence-corrected chi connectivity index (χ0v) is 21.8. The SMILES string of the molecule is C=CCC1C2CC(c3cc(F)ccc3F)(S(=O)(=O)c3ccc(Cl)cc3)CCC2NS(=O)(=O)N1CC=C. The van der Waals surface area contributed by atoms with Crippen LogP contribution < -0.4 is 4.72 Å². The molecule has 4 unspecified atom stereocenters. The molecule has 0 spiro atoms. The number of halogens is 3.